The van der Waals surface area contributed by atoms with Crippen molar-refractivity contribution < 1.29 is 0 Å². The maximum atomic E-state index is 4.35. The highest BCUT2D eigenvalue weighted by atomic mass is 15.3. The minimum absolute atomic E-state index is 0.344. The molecule has 82 valence electrons. The Balaban J connectivity index is 2.72. The average molecular weight is 205 g/mol. The quantitative estimate of drug-likeness (QED) is 0.759. The summed E-state index contributed by atoms with van der Waals surface area (Å²) >= 11 is 0. The third-order valence-corrected chi connectivity index (χ3v) is 2.48. The normalized spacial score (nSPS) is 12.0. The van der Waals surface area contributed by atoms with E-state index in [0.29, 0.717) is 6.04 Å². The summed E-state index contributed by atoms with van der Waals surface area (Å²) in [5, 5.41) is 7.65. The minimum atomic E-state index is 0.344. The molecule has 0 radical (unpaired) electrons. The Labute approximate surface area is 91.9 Å². The van der Waals surface area contributed by atoms with E-state index >= 15 is 0 Å². The van der Waals surface area contributed by atoms with E-state index in [9.17, 15) is 0 Å². The van der Waals surface area contributed by atoms with Crippen LogP contribution in [0, 0.1) is 18.8 Å². The van der Waals surface area contributed by atoms with Crippen LogP contribution in [-0.2, 0) is 7.05 Å². The number of nitrogens with zero attached hydrogens (tertiary/aromatic N) is 2. The van der Waals surface area contributed by atoms with Crippen molar-refractivity contribution in [2.24, 2.45) is 7.05 Å². The van der Waals surface area contributed by atoms with Gasteiger partial charge in [-0.15, -0.1) is 11.8 Å². The molecule has 0 aliphatic carbocycles. The molecule has 1 aromatic rings. The second kappa shape index (κ2) is 5.57. The van der Waals surface area contributed by atoms with E-state index in [1.54, 1.807) is 0 Å². The van der Waals surface area contributed by atoms with Crippen LogP contribution in [0.15, 0.2) is 6.07 Å². The van der Waals surface area contributed by atoms with Crippen LogP contribution in [0.1, 0.15) is 37.2 Å². The largest absolute Gasteiger partial charge is 0.312 e. The first kappa shape index (κ1) is 11.8. The summed E-state index contributed by atoms with van der Waals surface area (Å²) in [5.74, 6) is 6.01. The van der Waals surface area contributed by atoms with Gasteiger partial charge in [-0.2, -0.15) is 5.10 Å². The summed E-state index contributed by atoms with van der Waals surface area (Å²) in [5.41, 5.74) is 2.29. The van der Waals surface area contributed by atoms with Crippen LogP contribution in [0.4, 0.5) is 0 Å². The third-order valence-electron chi connectivity index (χ3n) is 2.48. The number of aromatic nitrogens is 2. The lowest BCUT2D eigenvalue weighted by atomic mass is 10.1. The standard InChI is InChI=1S/C12H19N3/c1-5-6-7-8-11(13-3)12-9-10(2)14-15(12)4/h9,11,13H,7-8H2,1-4H3. The van der Waals surface area contributed by atoms with Crippen LogP contribution in [-0.4, -0.2) is 16.8 Å². The first-order chi connectivity index (χ1) is 7.19. The van der Waals surface area contributed by atoms with Crippen LogP contribution >= 0.6 is 0 Å². The van der Waals surface area contributed by atoms with E-state index in [4.69, 9.17) is 0 Å². The molecule has 1 N–H and O–H groups in total. The Kier molecular flexibility index (Phi) is 4.38. The van der Waals surface area contributed by atoms with Gasteiger partial charge in [0.25, 0.3) is 0 Å². The molecule has 1 rings (SSSR count). The molecule has 0 saturated heterocycles. The molecule has 1 heterocycles. The zero-order valence-electron chi connectivity index (χ0n) is 9.96. The zero-order valence-corrected chi connectivity index (χ0v) is 9.96. The lowest BCUT2D eigenvalue weighted by Crippen LogP contribution is -2.19. The molecule has 1 aromatic heterocycles. The van der Waals surface area contributed by atoms with Gasteiger partial charge in [-0.25, -0.2) is 0 Å². The lowest BCUT2D eigenvalue weighted by molar-refractivity contribution is 0.512. The van der Waals surface area contributed by atoms with Gasteiger partial charge < -0.3 is 5.32 Å². The van der Waals surface area contributed by atoms with Crippen LogP contribution < -0.4 is 5.32 Å². The van der Waals surface area contributed by atoms with E-state index in [-0.39, 0.29) is 0 Å². The molecule has 3 nitrogen and oxygen atoms in total. The number of rotatable bonds is 4. The fourth-order valence-electron chi connectivity index (χ4n) is 1.74. The molecule has 1 unspecified atom stereocenters. The van der Waals surface area contributed by atoms with E-state index in [1.165, 1.54) is 5.69 Å². The lowest BCUT2D eigenvalue weighted by Gasteiger charge is -2.14. The van der Waals surface area contributed by atoms with Gasteiger partial charge in [0.2, 0.25) is 0 Å². The van der Waals surface area contributed by atoms with Crippen molar-refractivity contribution in [3.63, 3.8) is 0 Å². The maximum absolute atomic E-state index is 4.35. The van der Waals surface area contributed by atoms with E-state index in [0.717, 1.165) is 18.5 Å². The summed E-state index contributed by atoms with van der Waals surface area (Å²) in [7, 11) is 3.96. The third kappa shape index (κ3) is 3.10. The van der Waals surface area contributed by atoms with Crippen LogP contribution in [0.2, 0.25) is 0 Å². The Morgan fingerprint density at radius 3 is 2.80 bits per heavy atom. The molecule has 0 fully saturated rings. The molecule has 15 heavy (non-hydrogen) atoms. The first-order valence-corrected chi connectivity index (χ1v) is 5.26. The van der Waals surface area contributed by atoms with Crippen LogP contribution in [0.3, 0.4) is 0 Å². The highest BCUT2D eigenvalue weighted by Crippen LogP contribution is 2.17. The molecular weight excluding hydrogens is 186 g/mol. The Morgan fingerprint density at radius 2 is 2.33 bits per heavy atom. The van der Waals surface area contributed by atoms with Gasteiger partial charge in [-0.1, -0.05) is 0 Å². The van der Waals surface area contributed by atoms with E-state index in [1.807, 2.05) is 32.6 Å². The van der Waals surface area contributed by atoms with Gasteiger partial charge in [0.1, 0.15) is 0 Å². The molecule has 0 aliphatic rings. The summed E-state index contributed by atoms with van der Waals surface area (Å²) < 4.78 is 1.94. The molecular formula is C12H19N3. The topological polar surface area (TPSA) is 29.9 Å². The van der Waals surface area contributed by atoms with E-state index < -0.39 is 0 Å². The van der Waals surface area contributed by atoms with E-state index in [2.05, 4.69) is 28.3 Å². The molecule has 1 atom stereocenters. The smallest absolute Gasteiger partial charge is 0.0597 e. The monoisotopic (exact) mass is 205 g/mol. The fourth-order valence-corrected chi connectivity index (χ4v) is 1.74. The predicted octanol–water partition coefficient (Wildman–Crippen LogP) is 1.79. The molecule has 0 aliphatic heterocycles. The number of nitrogens with one attached hydrogen (secondary N) is 1. The number of hydrogen-bond donors (Lipinski definition) is 1. The molecule has 0 saturated carbocycles. The molecule has 3 heteroatoms. The summed E-state index contributed by atoms with van der Waals surface area (Å²) in [6, 6.07) is 2.47. The second-order valence-corrected chi connectivity index (χ2v) is 3.64. The molecule has 0 aromatic carbocycles. The van der Waals surface area contributed by atoms with Gasteiger partial charge >= 0.3 is 0 Å². The highest BCUT2D eigenvalue weighted by Gasteiger charge is 2.12. The minimum Gasteiger partial charge on any atom is -0.312 e. The Hall–Kier alpha value is -1.27. The summed E-state index contributed by atoms with van der Waals surface area (Å²) in [6.45, 7) is 3.89. The van der Waals surface area contributed by atoms with Gasteiger partial charge in [0.15, 0.2) is 0 Å². The second-order valence-electron chi connectivity index (χ2n) is 3.64. The predicted molar refractivity (Wildman–Crippen MR) is 62.4 cm³/mol. The van der Waals surface area contributed by atoms with Crippen molar-refractivity contribution in [1.29, 1.82) is 0 Å². The van der Waals surface area contributed by atoms with Gasteiger partial charge in [0.05, 0.1) is 11.4 Å². The van der Waals surface area contributed by atoms with Crippen LogP contribution in [0.25, 0.3) is 0 Å². The van der Waals surface area contributed by atoms with Gasteiger partial charge in [-0.05, 0) is 33.4 Å². The van der Waals surface area contributed by atoms with Crippen molar-refractivity contribution >= 4 is 0 Å². The summed E-state index contributed by atoms with van der Waals surface area (Å²) in [4.78, 5) is 0. The highest BCUT2D eigenvalue weighted by molar-refractivity contribution is 5.13. The molecule has 0 amide bonds. The van der Waals surface area contributed by atoms with Crippen molar-refractivity contribution in [2.75, 3.05) is 7.05 Å². The van der Waals surface area contributed by atoms with Crippen molar-refractivity contribution in [1.82, 2.24) is 15.1 Å². The number of hydrogen-bond acceptors (Lipinski definition) is 2. The van der Waals surface area contributed by atoms with Crippen LogP contribution in [0.5, 0.6) is 0 Å². The van der Waals surface area contributed by atoms with Crippen molar-refractivity contribution in [3.05, 3.63) is 17.5 Å². The Morgan fingerprint density at radius 1 is 1.60 bits per heavy atom. The number of aryl methyl sites for hydroxylation is 2. The van der Waals surface area contributed by atoms with Crippen molar-refractivity contribution in [2.45, 2.75) is 32.7 Å². The SMILES string of the molecule is CC#CCCC(NC)c1cc(C)nn1C. The zero-order chi connectivity index (χ0) is 11.3. The van der Waals surface area contributed by atoms with Crippen molar-refractivity contribution in [3.8, 4) is 11.8 Å². The maximum Gasteiger partial charge on any atom is 0.0597 e. The fraction of sp³-hybridized carbons (Fsp3) is 0.583. The van der Waals surface area contributed by atoms with Gasteiger partial charge in [0, 0.05) is 19.5 Å². The Bertz CT molecular complexity index is 368. The average Bonchev–Trinajstić information content (AvgIpc) is 2.53. The summed E-state index contributed by atoms with van der Waals surface area (Å²) in [6.07, 6.45) is 1.95. The first-order valence-electron chi connectivity index (χ1n) is 5.26. The molecule has 0 spiro atoms. The molecule has 0 bridgehead atoms. The van der Waals surface area contributed by atoms with Gasteiger partial charge in [-0.3, -0.25) is 4.68 Å².